The van der Waals surface area contributed by atoms with Gasteiger partial charge in [0.2, 0.25) is 0 Å². The summed E-state index contributed by atoms with van der Waals surface area (Å²) >= 11 is 0. The summed E-state index contributed by atoms with van der Waals surface area (Å²) in [6.45, 7) is 4.38. The fourth-order valence-electron chi connectivity index (χ4n) is 1.66. The van der Waals surface area contributed by atoms with Crippen LogP contribution in [0, 0.1) is 5.41 Å². The molecule has 1 fully saturated rings. The van der Waals surface area contributed by atoms with E-state index in [4.69, 9.17) is 5.11 Å². The van der Waals surface area contributed by atoms with E-state index in [0.717, 1.165) is 12.8 Å². The van der Waals surface area contributed by atoms with Crippen LogP contribution < -0.4 is 5.32 Å². The molecule has 0 aromatic heterocycles. The number of carboxylic acid groups (broad SMARTS) is 1. The van der Waals surface area contributed by atoms with Crippen molar-refractivity contribution in [2.75, 3.05) is 13.6 Å². The molecule has 1 rings (SSSR count). The third kappa shape index (κ3) is 3.12. The van der Waals surface area contributed by atoms with E-state index in [1.165, 1.54) is 0 Å². The summed E-state index contributed by atoms with van der Waals surface area (Å²) in [4.78, 5) is 23.6. The summed E-state index contributed by atoms with van der Waals surface area (Å²) in [5.74, 6) is -0.898. The average Bonchev–Trinajstić information content (AvgIpc) is 2.95. The summed E-state index contributed by atoms with van der Waals surface area (Å²) in [6, 6.07) is -0.000738. The Morgan fingerprint density at radius 3 is 2.50 bits per heavy atom. The van der Waals surface area contributed by atoms with Crippen molar-refractivity contribution in [2.24, 2.45) is 5.41 Å². The molecule has 1 saturated carbocycles. The van der Waals surface area contributed by atoms with Crippen LogP contribution in [-0.4, -0.2) is 41.6 Å². The zero-order valence-electron chi connectivity index (χ0n) is 10.1. The lowest BCUT2D eigenvalue weighted by Gasteiger charge is -2.30. The number of carbonyl (C=O) groups is 2. The number of nitrogens with zero attached hydrogens (tertiary/aromatic N) is 1. The Balaban J connectivity index is 2.33. The second-order valence-corrected chi connectivity index (χ2v) is 4.82. The molecule has 0 aromatic rings. The molecule has 0 radical (unpaired) electrons. The van der Waals surface area contributed by atoms with E-state index in [1.54, 1.807) is 11.9 Å². The van der Waals surface area contributed by atoms with Crippen LogP contribution in [0.5, 0.6) is 0 Å². The van der Waals surface area contributed by atoms with Crippen molar-refractivity contribution in [3.63, 3.8) is 0 Å². The lowest BCUT2D eigenvalue weighted by Crippen LogP contribution is -2.46. The highest BCUT2D eigenvalue weighted by atomic mass is 16.4. The molecule has 2 N–H and O–H groups in total. The van der Waals surface area contributed by atoms with Gasteiger partial charge in [-0.3, -0.25) is 4.79 Å². The number of urea groups is 1. The van der Waals surface area contributed by atoms with Gasteiger partial charge in [-0.1, -0.05) is 6.92 Å². The maximum absolute atomic E-state index is 11.7. The highest BCUT2D eigenvalue weighted by molar-refractivity contribution is 5.75. The Bertz CT molecular complexity index is 287. The Morgan fingerprint density at radius 2 is 2.06 bits per heavy atom. The summed E-state index contributed by atoms with van der Waals surface area (Å²) in [6.07, 6.45) is 2.27. The number of hydrogen-bond acceptors (Lipinski definition) is 2. The van der Waals surface area contributed by atoms with Crippen molar-refractivity contribution in [3.8, 4) is 0 Å². The number of carboxylic acids is 1. The maximum atomic E-state index is 11.7. The molecule has 16 heavy (non-hydrogen) atoms. The quantitative estimate of drug-likeness (QED) is 0.745. The molecular weight excluding hydrogens is 208 g/mol. The van der Waals surface area contributed by atoms with Crippen molar-refractivity contribution >= 4 is 12.0 Å². The lowest BCUT2D eigenvalue weighted by molar-refractivity contribution is -0.136. The Morgan fingerprint density at radius 1 is 1.50 bits per heavy atom. The zero-order valence-corrected chi connectivity index (χ0v) is 10.1. The predicted molar refractivity (Wildman–Crippen MR) is 60.2 cm³/mol. The summed E-state index contributed by atoms with van der Waals surface area (Å²) in [7, 11) is 1.75. The van der Waals surface area contributed by atoms with Crippen LogP contribution in [0.25, 0.3) is 0 Å². The van der Waals surface area contributed by atoms with E-state index in [0.29, 0.717) is 0 Å². The minimum Gasteiger partial charge on any atom is -0.481 e. The monoisotopic (exact) mass is 228 g/mol. The van der Waals surface area contributed by atoms with Gasteiger partial charge >= 0.3 is 12.0 Å². The Hall–Kier alpha value is -1.26. The number of aliphatic carboxylic acids is 1. The van der Waals surface area contributed by atoms with Crippen molar-refractivity contribution < 1.29 is 14.7 Å². The fourth-order valence-corrected chi connectivity index (χ4v) is 1.66. The van der Waals surface area contributed by atoms with Gasteiger partial charge in [0, 0.05) is 19.6 Å². The molecule has 1 atom stereocenters. The Labute approximate surface area is 95.8 Å². The molecule has 0 spiro atoms. The van der Waals surface area contributed by atoms with Gasteiger partial charge in [0.05, 0.1) is 6.42 Å². The molecule has 1 aliphatic rings. The van der Waals surface area contributed by atoms with Gasteiger partial charge < -0.3 is 15.3 Å². The number of hydrogen-bond donors (Lipinski definition) is 2. The number of carbonyl (C=O) groups excluding carboxylic acids is 1. The van der Waals surface area contributed by atoms with Crippen molar-refractivity contribution in [1.82, 2.24) is 10.2 Å². The average molecular weight is 228 g/mol. The van der Waals surface area contributed by atoms with Crippen LogP contribution in [0.3, 0.4) is 0 Å². The third-order valence-electron chi connectivity index (χ3n) is 3.56. The standard InChI is InChI=1S/C11H20N2O3/c1-8(11(2)5-6-11)13(3)10(16)12-7-4-9(14)15/h8H,4-7H2,1-3H3,(H,12,16)(H,14,15). The van der Waals surface area contributed by atoms with Crippen LogP contribution in [-0.2, 0) is 4.79 Å². The van der Waals surface area contributed by atoms with Gasteiger partial charge in [0.1, 0.15) is 0 Å². The lowest BCUT2D eigenvalue weighted by atomic mass is 10.00. The summed E-state index contributed by atoms with van der Waals surface area (Å²) in [5.41, 5.74) is 0.249. The molecule has 5 heteroatoms. The number of nitrogens with one attached hydrogen (secondary N) is 1. The van der Waals surface area contributed by atoms with E-state index in [9.17, 15) is 9.59 Å². The van der Waals surface area contributed by atoms with Crippen LogP contribution in [0.4, 0.5) is 4.79 Å². The fraction of sp³-hybridized carbons (Fsp3) is 0.818. The van der Waals surface area contributed by atoms with Gasteiger partial charge in [0.15, 0.2) is 0 Å². The molecular formula is C11H20N2O3. The summed E-state index contributed by atoms with van der Waals surface area (Å²) in [5, 5.41) is 11.0. The molecule has 92 valence electrons. The molecule has 2 amide bonds. The van der Waals surface area contributed by atoms with E-state index >= 15 is 0 Å². The second-order valence-electron chi connectivity index (χ2n) is 4.82. The molecule has 5 nitrogen and oxygen atoms in total. The van der Waals surface area contributed by atoms with E-state index < -0.39 is 5.97 Å². The van der Waals surface area contributed by atoms with Gasteiger partial charge in [-0.15, -0.1) is 0 Å². The largest absolute Gasteiger partial charge is 0.481 e. The van der Waals surface area contributed by atoms with Crippen LogP contribution in [0.2, 0.25) is 0 Å². The van der Waals surface area contributed by atoms with E-state index in [-0.39, 0.29) is 30.5 Å². The zero-order chi connectivity index (χ0) is 12.3. The first-order valence-electron chi connectivity index (χ1n) is 5.59. The molecule has 1 aliphatic carbocycles. The molecule has 0 bridgehead atoms. The van der Waals surface area contributed by atoms with Crippen molar-refractivity contribution in [2.45, 2.75) is 39.2 Å². The number of rotatable bonds is 5. The molecule has 0 saturated heterocycles. The maximum Gasteiger partial charge on any atom is 0.317 e. The smallest absolute Gasteiger partial charge is 0.317 e. The first-order chi connectivity index (χ1) is 7.37. The van der Waals surface area contributed by atoms with E-state index in [1.807, 2.05) is 6.92 Å². The third-order valence-corrected chi connectivity index (χ3v) is 3.56. The topological polar surface area (TPSA) is 69.6 Å². The van der Waals surface area contributed by atoms with Gasteiger partial charge in [0.25, 0.3) is 0 Å². The van der Waals surface area contributed by atoms with Crippen LogP contribution in [0.15, 0.2) is 0 Å². The first kappa shape index (κ1) is 12.8. The molecule has 1 unspecified atom stereocenters. The van der Waals surface area contributed by atoms with Crippen molar-refractivity contribution in [1.29, 1.82) is 0 Å². The second kappa shape index (κ2) is 4.72. The highest BCUT2D eigenvalue weighted by Gasteiger charge is 2.45. The minimum absolute atomic E-state index is 0.0365. The van der Waals surface area contributed by atoms with Gasteiger partial charge in [-0.05, 0) is 25.2 Å². The van der Waals surface area contributed by atoms with Crippen LogP contribution >= 0.6 is 0 Å². The molecule has 0 aromatic carbocycles. The summed E-state index contributed by atoms with van der Waals surface area (Å²) < 4.78 is 0. The minimum atomic E-state index is -0.898. The SMILES string of the molecule is CC(N(C)C(=O)NCCC(=O)O)C1(C)CC1. The Kier molecular flexibility index (Phi) is 3.78. The van der Waals surface area contributed by atoms with Gasteiger partial charge in [-0.25, -0.2) is 4.79 Å². The highest BCUT2D eigenvalue weighted by Crippen LogP contribution is 2.49. The van der Waals surface area contributed by atoms with Crippen molar-refractivity contribution in [3.05, 3.63) is 0 Å². The number of amides is 2. The predicted octanol–water partition coefficient (Wildman–Crippen LogP) is 1.29. The van der Waals surface area contributed by atoms with Crippen LogP contribution in [0.1, 0.15) is 33.1 Å². The normalized spacial score (nSPS) is 18.7. The molecule has 0 heterocycles. The molecule has 0 aliphatic heterocycles. The van der Waals surface area contributed by atoms with E-state index in [2.05, 4.69) is 12.2 Å². The van der Waals surface area contributed by atoms with Gasteiger partial charge in [-0.2, -0.15) is 0 Å². The first-order valence-corrected chi connectivity index (χ1v) is 5.59.